The summed E-state index contributed by atoms with van der Waals surface area (Å²) in [5, 5.41) is 0. The largest absolute Gasteiger partial charge is 0.451 e. The molecule has 0 saturated carbocycles. The third kappa shape index (κ3) is 8.09. The molecule has 230 valence electrons. The monoisotopic (exact) mass is 663 g/mol. The molecule has 4 atom stereocenters. The predicted molar refractivity (Wildman–Crippen MR) is 151 cm³/mol. The van der Waals surface area contributed by atoms with Crippen LogP contribution in [0.2, 0.25) is 0 Å². The number of aliphatic imine (C=N–C) groups is 1. The van der Waals surface area contributed by atoms with Crippen molar-refractivity contribution in [2.75, 3.05) is 13.1 Å². The minimum atomic E-state index is -1.47. The number of guanidine groups is 1. The van der Waals surface area contributed by atoms with Crippen molar-refractivity contribution in [1.82, 2.24) is 19.8 Å². The second-order valence-electron chi connectivity index (χ2n) is 9.38. The zero-order valence-corrected chi connectivity index (χ0v) is 25.8. The van der Waals surface area contributed by atoms with Crippen molar-refractivity contribution < 1.29 is 47.7 Å². The van der Waals surface area contributed by atoms with Crippen molar-refractivity contribution in [2.45, 2.75) is 66.0 Å². The summed E-state index contributed by atoms with van der Waals surface area (Å²) in [6.07, 6.45) is -2.44. The van der Waals surface area contributed by atoms with Crippen LogP contribution in [0.5, 0.6) is 0 Å². The molecule has 0 N–H and O–H groups in total. The summed E-state index contributed by atoms with van der Waals surface area (Å²) >= 11 is 3.47. The van der Waals surface area contributed by atoms with E-state index in [2.05, 4.69) is 30.9 Å². The average Bonchev–Trinajstić information content (AvgIpc) is 3.37. The van der Waals surface area contributed by atoms with Gasteiger partial charge in [0.25, 0.3) is 5.91 Å². The van der Waals surface area contributed by atoms with Gasteiger partial charge in [0, 0.05) is 39.3 Å². The van der Waals surface area contributed by atoms with Crippen molar-refractivity contribution in [2.24, 2.45) is 4.99 Å². The average molecular weight is 664 g/mol. The van der Waals surface area contributed by atoms with Gasteiger partial charge in [0.05, 0.1) is 15.7 Å². The van der Waals surface area contributed by atoms with Crippen LogP contribution >= 0.6 is 15.9 Å². The lowest BCUT2D eigenvalue weighted by atomic mass is 10.2. The number of ether oxygens (including phenoxy) is 4. The molecule has 0 bridgehead atoms. The lowest BCUT2D eigenvalue weighted by Crippen LogP contribution is -2.45. The summed E-state index contributed by atoms with van der Waals surface area (Å²) in [6, 6.07) is 3.35. The van der Waals surface area contributed by atoms with Crippen LogP contribution in [0.15, 0.2) is 34.0 Å². The highest BCUT2D eigenvalue weighted by molar-refractivity contribution is 9.10. The molecule has 1 aromatic heterocycles. The van der Waals surface area contributed by atoms with E-state index in [0.717, 1.165) is 6.92 Å². The Bertz CT molecular complexity index is 1480. The fourth-order valence-electron chi connectivity index (χ4n) is 3.83. The molecule has 0 unspecified atom stereocenters. The number of carbonyl (C=O) groups is 6. The van der Waals surface area contributed by atoms with E-state index in [9.17, 15) is 28.8 Å². The van der Waals surface area contributed by atoms with Crippen molar-refractivity contribution in [3.63, 3.8) is 0 Å². The van der Waals surface area contributed by atoms with E-state index >= 15 is 0 Å². The molecule has 2 aromatic rings. The van der Waals surface area contributed by atoms with E-state index in [0.29, 0.717) is 21.2 Å². The fourth-order valence-corrected chi connectivity index (χ4v) is 4.36. The number of amides is 2. The van der Waals surface area contributed by atoms with E-state index in [1.54, 1.807) is 18.3 Å². The molecule has 3 rings (SSSR count). The number of hydrogen-bond donors (Lipinski definition) is 0. The Morgan fingerprint density at radius 1 is 0.767 bits per heavy atom. The number of nitrogens with zero attached hydrogens (tertiary/aromatic N) is 5. The smallest absolute Gasteiger partial charge is 0.347 e. The van der Waals surface area contributed by atoms with Gasteiger partial charge in [0.15, 0.2) is 24.4 Å². The normalized spacial score (nSPS) is 16.7. The summed E-state index contributed by atoms with van der Waals surface area (Å²) in [4.78, 5) is 89.2. The quantitative estimate of drug-likeness (QED) is 0.280. The molecule has 0 spiro atoms. The number of fused-ring (bicyclic) bond motifs is 1. The van der Waals surface area contributed by atoms with Gasteiger partial charge in [-0.25, -0.2) is 19.4 Å². The summed E-state index contributed by atoms with van der Waals surface area (Å²) < 4.78 is 20.4. The number of esters is 4. The second kappa shape index (κ2) is 14.1. The molecule has 2 heterocycles. The Labute approximate surface area is 254 Å². The van der Waals surface area contributed by atoms with Crippen molar-refractivity contribution in [1.29, 1.82) is 0 Å². The van der Waals surface area contributed by atoms with E-state index in [-0.39, 0.29) is 25.0 Å². The minimum absolute atomic E-state index is 0.0300. The standard InChI is InChI=1S/C27H30BrN5O10/c1-13(41-25(38)15(3)43-26(39)16(4)42-24(37)14(2)40-18(6)35)23(36)33-12-11-32(17(5)34)27(33)31-19-7-8-20-22(21(19)28)30-10-9-29-20/h7-10,13-16H,11-12H2,1-6H3/b31-27-/t13-,14-,15-,16-/m0/s1. The van der Waals surface area contributed by atoms with Crippen LogP contribution in [-0.2, 0) is 47.7 Å². The summed E-state index contributed by atoms with van der Waals surface area (Å²) in [5.74, 6) is -4.80. The van der Waals surface area contributed by atoms with Crippen molar-refractivity contribution in [3.8, 4) is 0 Å². The van der Waals surface area contributed by atoms with Gasteiger partial charge in [-0.3, -0.25) is 34.2 Å². The Hall–Kier alpha value is -4.47. The first-order valence-electron chi connectivity index (χ1n) is 13.1. The van der Waals surface area contributed by atoms with Crippen LogP contribution in [0.4, 0.5) is 5.69 Å². The summed E-state index contributed by atoms with van der Waals surface area (Å²) in [7, 11) is 0. The van der Waals surface area contributed by atoms with Gasteiger partial charge in [-0.05, 0) is 55.8 Å². The highest BCUT2D eigenvalue weighted by Crippen LogP contribution is 2.32. The van der Waals surface area contributed by atoms with Gasteiger partial charge < -0.3 is 18.9 Å². The highest BCUT2D eigenvalue weighted by atomic mass is 79.9. The predicted octanol–water partition coefficient (Wildman–Crippen LogP) is 1.82. The van der Waals surface area contributed by atoms with Crippen molar-refractivity contribution in [3.05, 3.63) is 29.0 Å². The molecule has 1 fully saturated rings. The summed E-state index contributed by atoms with van der Waals surface area (Å²) in [6.45, 7) is 7.70. The van der Waals surface area contributed by atoms with Gasteiger partial charge in [0.2, 0.25) is 11.9 Å². The van der Waals surface area contributed by atoms with E-state index in [1.165, 1.54) is 50.6 Å². The highest BCUT2D eigenvalue weighted by Gasteiger charge is 2.38. The molecule has 1 aliphatic rings. The molecule has 15 nitrogen and oxygen atoms in total. The zero-order chi connectivity index (χ0) is 32.0. The lowest BCUT2D eigenvalue weighted by molar-refractivity contribution is -0.183. The molecule has 0 radical (unpaired) electrons. The number of benzene rings is 1. The maximum atomic E-state index is 13.4. The minimum Gasteiger partial charge on any atom is -0.451 e. The number of carbonyl (C=O) groups excluding carboxylic acids is 6. The Kier molecular flexibility index (Phi) is 10.9. The van der Waals surface area contributed by atoms with Gasteiger partial charge in [-0.1, -0.05) is 0 Å². The first-order chi connectivity index (χ1) is 20.2. The SMILES string of the molecule is CC(=O)O[C@@H](C)C(=O)O[C@@H](C)C(=O)O[C@@H](C)C(=O)O[C@@H](C)C(=O)N1CCN(C(C)=O)/C1=N/c1ccc2nccnc2c1Br. The number of rotatable bonds is 9. The van der Waals surface area contributed by atoms with E-state index < -0.39 is 54.2 Å². The van der Waals surface area contributed by atoms with Crippen LogP contribution in [0.3, 0.4) is 0 Å². The molecular weight excluding hydrogens is 634 g/mol. The van der Waals surface area contributed by atoms with Crippen LogP contribution in [0, 0.1) is 0 Å². The molecule has 1 saturated heterocycles. The van der Waals surface area contributed by atoms with Crippen LogP contribution in [0.1, 0.15) is 41.5 Å². The number of aromatic nitrogens is 2. The molecule has 1 aliphatic heterocycles. The van der Waals surface area contributed by atoms with Gasteiger partial charge in [-0.15, -0.1) is 0 Å². The van der Waals surface area contributed by atoms with Crippen molar-refractivity contribution >= 4 is 74.3 Å². The van der Waals surface area contributed by atoms with E-state index in [4.69, 9.17) is 18.9 Å². The zero-order valence-electron chi connectivity index (χ0n) is 24.2. The Morgan fingerprint density at radius 2 is 1.28 bits per heavy atom. The molecule has 1 aromatic carbocycles. The molecule has 2 amide bonds. The Morgan fingerprint density at radius 3 is 1.84 bits per heavy atom. The number of hydrogen-bond acceptors (Lipinski definition) is 13. The van der Waals surface area contributed by atoms with Crippen LogP contribution in [-0.4, -0.2) is 98.9 Å². The molecule has 0 aliphatic carbocycles. The van der Waals surface area contributed by atoms with Gasteiger partial charge in [-0.2, -0.15) is 0 Å². The van der Waals surface area contributed by atoms with Crippen LogP contribution < -0.4 is 0 Å². The molecular formula is C27H30BrN5O10. The second-order valence-corrected chi connectivity index (χ2v) is 10.2. The Balaban J connectivity index is 1.68. The van der Waals surface area contributed by atoms with Gasteiger partial charge in [0.1, 0.15) is 5.52 Å². The maximum absolute atomic E-state index is 13.4. The topological polar surface area (TPSA) is 184 Å². The van der Waals surface area contributed by atoms with Gasteiger partial charge >= 0.3 is 23.9 Å². The maximum Gasteiger partial charge on any atom is 0.347 e. The third-order valence-corrected chi connectivity index (χ3v) is 6.80. The first-order valence-corrected chi connectivity index (χ1v) is 13.9. The van der Waals surface area contributed by atoms with Crippen LogP contribution in [0.25, 0.3) is 11.0 Å². The summed E-state index contributed by atoms with van der Waals surface area (Å²) in [5.41, 5.74) is 1.53. The lowest BCUT2D eigenvalue weighted by Gasteiger charge is -2.24. The first kappa shape index (κ1) is 33.0. The fraction of sp³-hybridized carbons (Fsp3) is 0.444. The molecule has 16 heteroatoms. The number of halogens is 1. The molecule has 43 heavy (non-hydrogen) atoms. The third-order valence-electron chi connectivity index (χ3n) is 6.02. The van der Waals surface area contributed by atoms with E-state index in [1.807, 2.05) is 0 Å².